The van der Waals surface area contributed by atoms with E-state index >= 15 is 0 Å². The predicted molar refractivity (Wildman–Crippen MR) is 76.1 cm³/mol. The van der Waals surface area contributed by atoms with Gasteiger partial charge in [-0.05, 0) is 40.2 Å². The first kappa shape index (κ1) is 15.1. The van der Waals surface area contributed by atoms with E-state index in [0.29, 0.717) is 11.3 Å². The second-order valence-corrected chi connectivity index (χ2v) is 5.41. The molecule has 100 valence electrons. The Hall–Kier alpha value is -0.970. The molecule has 1 aromatic rings. The minimum atomic E-state index is 0.0430. The molecule has 1 amide bonds. The average Bonchev–Trinajstić information content (AvgIpc) is 2.32. The second-order valence-electron chi connectivity index (χ2n) is 4.62. The number of hydrogen-bond donors (Lipinski definition) is 0. The van der Waals surface area contributed by atoms with Crippen molar-refractivity contribution >= 4 is 21.8 Å². The minimum Gasteiger partial charge on any atom is -0.336 e. The summed E-state index contributed by atoms with van der Waals surface area (Å²) in [5, 5.41) is 8.87. The summed E-state index contributed by atoms with van der Waals surface area (Å²) in [7, 11) is 0. The number of hydrogen-bond acceptors (Lipinski definition) is 3. The van der Waals surface area contributed by atoms with Gasteiger partial charge in [0.25, 0.3) is 5.91 Å². The van der Waals surface area contributed by atoms with E-state index in [1.54, 1.807) is 0 Å². The standard InChI is InChI=1S/C13H20BrN3O/c1-9(2)17(7-5-6-14)13(18)12-8-10(3)15-16-11(12)4/h8-9H,5-7H2,1-4H3. The van der Waals surface area contributed by atoms with Crippen molar-refractivity contribution < 1.29 is 4.79 Å². The number of amides is 1. The zero-order chi connectivity index (χ0) is 13.7. The normalized spacial score (nSPS) is 10.8. The van der Waals surface area contributed by atoms with Gasteiger partial charge < -0.3 is 4.90 Å². The van der Waals surface area contributed by atoms with Crippen molar-refractivity contribution in [2.45, 2.75) is 40.2 Å². The molecule has 0 aliphatic carbocycles. The van der Waals surface area contributed by atoms with Gasteiger partial charge in [-0.25, -0.2) is 0 Å². The van der Waals surface area contributed by atoms with Gasteiger partial charge in [-0.15, -0.1) is 0 Å². The number of nitrogens with zero attached hydrogens (tertiary/aromatic N) is 3. The van der Waals surface area contributed by atoms with Gasteiger partial charge in [0.15, 0.2) is 0 Å². The zero-order valence-corrected chi connectivity index (χ0v) is 13.0. The Labute approximate surface area is 117 Å². The van der Waals surface area contributed by atoms with Gasteiger partial charge >= 0.3 is 0 Å². The zero-order valence-electron chi connectivity index (χ0n) is 11.4. The highest BCUT2D eigenvalue weighted by atomic mass is 79.9. The highest BCUT2D eigenvalue weighted by Crippen LogP contribution is 2.12. The van der Waals surface area contributed by atoms with Crippen molar-refractivity contribution in [1.29, 1.82) is 0 Å². The van der Waals surface area contributed by atoms with Crippen LogP contribution in [0.5, 0.6) is 0 Å². The fourth-order valence-corrected chi connectivity index (χ4v) is 2.00. The van der Waals surface area contributed by atoms with Crippen molar-refractivity contribution in [3.05, 3.63) is 23.0 Å². The lowest BCUT2D eigenvalue weighted by atomic mass is 10.1. The summed E-state index contributed by atoms with van der Waals surface area (Å²) in [4.78, 5) is 14.4. The number of rotatable bonds is 5. The molecular weight excluding hydrogens is 294 g/mol. The van der Waals surface area contributed by atoms with Gasteiger partial charge in [0, 0.05) is 17.9 Å². The summed E-state index contributed by atoms with van der Waals surface area (Å²) < 4.78 is 0. The number of alkyl halides is 1. The molecule has 0 saturated carbocycles. The quantitative estimate of drug-likeness (QED) is 0.785. The van der Waals surface area contributed by atoms with Crippen LogP contribution < -0.4 is 0 Å². The molecule has 18 heavy (non-hydrogen) atoms. The van der Waals surface area contributed by atoms with Crippen molar-refractivity contribution in [1.82, 2.24) is 15.1 Å². The van der Waals surface area contributed by atoms with E-state index in [1.165, 1.54) is 0 Å². The molecule has 0 spiro atoms. The lowest BCUT2D eigenvalue weighted by molar-refractivity contribution is 0.0705. The third-order valence-corrected chi connectivity index (χ3v) is 3.31. The molecule has 0 atom stereocenters. The van der Waals surface area contributed by atoms with Gasteiger partial charge in [0.2, 0.25) is 0 Å². The summed E-state index contributed by atoms with van der Waals surface area (Å²) in [6.07, 6.45) is 0.945. The maximum atomic E-state index is 12.5. The molecular formula is C13H20BrN3O. The van der Waals surface area contributed by atoms with E-state index in [4.69, 9.17) is 0 Å². The fourth-order valence-electron chi connectivity index (χ4n) is 1.75. The number of carbonyl (C=O) groups excluding carboxylic acids is 1. The highest BCUT2D eigenvalue weighted by Gasteiger charge is 2.20. The van der Waals surface area contributed by atoms with Crippen LogP contribution in [0.2, 0.25) is 0 Å². The summed E-state index contributed by atoms with van der Waals surface area (Å²) in [5.74, 6) is 0.0430. The molecule has 0 radical (unpaired) electrons. The Kier molecular flexibility index (Phi) is 5.72. The van der Waals surface area contributed by atoms with Gasteiger partial charge in [-0.1, -0.05) is 15.9 Å². The number of carbonyl (C=O) groups is 1. The van der Waals surface area contributed by atoms with Gasteiger partial charge in [-0.2, -0.15) is 10.2 Å². The number of aromatic nitrogens is 2. The van der Waals surface area contributed by atoms with E-state index < -0.39 is 0 Å². The molecule has 4 nitrogen and oxygen atoms in total. The van der Waals surface area contributed by atoms with Crippen molar-refractivity contribution in [2.75, 3.05) is 11.9 Å². The number of halogens is 1. The largest absolute Gasteiger partial charge is 0.336 e. The van der Waals surface area contributed by atoms with Gasteiger partial charge in [-0.3, -0.25) is 4.79 Å². The van der Waals surface area contributed by atoms with Gasteiger partial charge in [0.1, 0.15) is 0 Å². The van der Waals surface area contributed by atoms with Crippen LogP contribution in [0, 0.1) is 13.8 Å². The van der Waals surface area contributed by atoms with E-state index in [-0.39, 0.29) is 11.9 Å². The molecule has 1 heterocycles. The Morgan fingerprint density at radius 1 is 1.39 bits per heavy atom. The van der Waals surface area contributed by atoms with Crippen LogP contribution in [0.15, 0.2) is 6.07 Å². The molecule has 0 bridgehead atoms. The smallest absolute Gasteiger partial charge is 0.256 e. The van der Waals surface area contributed by atoms with Crippen LogP contribution >= 0.6 is 15.9 Å². The first-order valence-electron chi connectivity index (χ1n) is 6.15. The fraction of sp³-hybridized carbons (Fsp3) is 0.615. The molecule has 5 heteroatoms. The maximum Gasteiger partial charge on any atom is 0.256 e. The monoisotopic (exact) mass is 313 g/mol. The SMILES string of the molecule is Cc1cc(C(=O)N(CCCBr)C(C)C)c(C)nn1. The van der Waals surface area contributed by atoms with E-state index in [9.17, 15) is 4.79 Å². The molecule has 0 aromatic carbocycles. The highest BCUT2D eigenvalue weighted by molar-refractivity contribution is 9.09. The molecule has 0 unspecified atom stereocenters. The van der Waals surface area contributed by atoms with E-state index in [2.05, 4.69) is 26.1 Å². The summed E-state index contributed by atoms with van der Waals surface area (Å²) in [5.41, 5.74) is 2.12. The predicted octanol–water partition coefficient (Wildman–Crippen LogP) is 2.73. The third-order valence-electron chi connectivity index (χ3n) is 2.75. The van der Waals surface area contributed by atoms with E-state index in [0.717, 1.165) is 24.0 Å². The molecule has 0 N–H and O–H groups in total. The Morgan fingerprint density at radius 2 is 2.06 bits per heavy atom. The number of aryl methyl sites for hydroxylation is 2. The van der Waals surface area contributed by atoms with Crippen LogP contribution in [0.25, 0.3) is 0 Å². The summed E-state index contributed by atoms with van der Waals surface area (Å²) >= 11 is 3.40. The Bertz CT molecular complexity index is 421. The van der Waals surface area contributed by atoms with Gasteiger partial charge in [0.05, 0.1) is 17.0 Å². The van der Waals surface area contributed by atoms with Crippen LogP contribution in [0.3, 0.4) is 0 Å². The van der Waals surface area contributed by atoms with Crippen molar-refractivity contribution in [2.24, 2.45) is 0 Å². The second kappa shape index (κ2) is 6.83. The van der Waals surface area contributed by atoms with Crippen molar-refractivity contribution in [3.8, 4) is 0 Å². The van der Waals surface area contributed by atoms with E-state index in [1.807, 2.05) is 38.7 Å². The molecule has 0 aliphatic rings. The first-order valence-corrected chi connectivity index (χ1v) is 7.27. The average molecular weight is 314 g/mol. The van der Waals surface area contributed by atoms with Crippen LogP contribution in [0.1, 0.15) is 42.0 Å². The van der Waals surface area contributed by atoms with Crippen LogP contribution in [0.4, 0.5) is 0 Å². The van der Waals surface area contributed by atoms with Crippen molar-refractivity contribution in [3.63, 3.8) is 0 Å². The maximum absolute atomic E-state index is 12.5. The Morgan fingerprint density at radius 3 is 2.61 bits per heavy atom. The molecule has 0 saturated heterocycles. The molecule has 1 aromatic heterocycles. The van der Waals surface area contributed by atoms with Crippen LogP contribution in [-0.4, -0.2) is 38.9 Å². The summed E-state index contributed by atoms with van der Waals surface area (Å²) in [6, 6.07) is 2.00. The lowest BCUT2D eigenvalue weighted by Crippen LogP contribution is -2.38. The third kappa shape index (κ3) is 3.77. The molecule has 0 aliphatic heterocycles. The Balaban J connectivity index is 2.98. The lowest BCUT2D eigenvalue weighted by Gasteiger charge is -2.27. The van der Waals surface area contributed by atoms with Crippen LogP contribution in [-0.2, 0) is 0 Å². The molecule has 0 fully saturated rings. The first-order chi connectivity index (χ1) is 8.47. The minimum absolute atomic E-state index is 0.0430. The molecule has 1 rings (SSSR count). The topological polar surface area (TPSA) is 46.1 Å². The summed E-state index contributed by atoms with van der Waals surface area (Å²) in [6.45, 7) is 8.48.